The van der Waals surface area contributed by atoms with E-state index < -0.39 is 5.97 Å². The summed E-state index contributed by atoms with van der Waals surface area (Å²) in [5.74, 6) is -0.789. The minimum absolute atomic E-state index is 0.0806. The maximum Gasteiger partial charge on any atom is 0.317 e. The molecule has 7 nitrogen and oxygen atoms in total. The van der Waals surface area contributed by atoms with Crippen molar-refractivity contribution in [3.63, 3.8) is 0 Å². The van der Waals surface area contributed by atoms with Gasteiger partial charge in [-0.1, -0.05) is 26.2 Å². The molecular weight excluding hydrogens is 356 g/mol. The number of piperidine rings is 1. The molecule has 0 aromatic carbocycles. The smallest absolute Gasteiger partial charge is 0.317 e. The predicted molar refractivity (Wildman–Crippen MR) is 109 cm³/mol. The largest absolute Gasteiger partial charge is 0.480 e. The molecule has 3 N–H and O–H groups in total. The number of likely N-dealkylation sites (N-methyl/N-ethyl adjacent to an activating group) is 1. The molecule has 0 aromatic rings. The topological polar surface area (TPSA) is 84.9 Å². The number of rotatable bonds is 8. The average Bonchev–Trinajstić information content (AvgIpc) is 2.65. The first kappa shape index (κ1) is 21.4. The standard InChI is InChI=1S/C21H38N4O3/c1-2-25(16-19(26)27)18-14-17(15-18)23-20(28)22-10-13-24-11-8-21(9-12-24)6-4-3-5-7-21/h17-18H,2-16H2,1H3,(H,26,27)(H2,22,23,28). The lowest BCUT2D eigenvalue weighted by Crippen LogP contribution is -2.56. The number of likely N-dealkylation sites (tertiary alicyclic amines) is 1. The summed E-state index contributed by atoms with van der Waals surface area (Å²) in [5, 5.41) is 15.0. The van der Waals surface area contributed by atoms with E-state index in [1.165, 1.54) is 58.0 Å². The first-order valence-electron chi connectivity index (χ1n) is 11.2. The molecule has 1 spiro atoms. The molecule has 160 valence electrons. The van der Waals surface area contributed by atoms with Crippen LogP contribution < -0.4 is 10.6 Å². The molecule has 0 unspecified atom stereocenters. The fraction of sp³-hybridized carbons (Fsp3) is 0.905. The molecule has 7 heteroatoms. The van der Waals surface area contributed by atoms with Gasteiger partial charge < -0.3 is 20.6 Å². The molecule has 1 heterocycles. The molecule has 3 aliphatic rings. The molecular formula is C21H38N4O3. The number of carbonyl (C=O) groups is 2. The highest BCUT2D eigenvalue weighted by Gasteiger charge is 2.36. The van der Waals surface area contributed by atoms with Gasteiger partial charge >= 0.3 is 12.0 Å². The van der Waals surface area contributed by atoms with E-state index in [9.17, 15) is 9.59 Å². The molecule has 28 heavy (non-hydrogen) atoms. The minimum atomic E-state index is -0.789. The molecule has 3 fully saturated rings. The SMILES string of the molecule is CCN(CC(=O)O)C1CC(NC(=O)NCCN2CCC3(CCCCC3)CC2)C1. The van der Waals surface area contributed by atoms with E-state index in [0.717, 1.165) is 25.9 Å². The van der Waals surface area contributed by atoms with Gasteiger partial charge in [0, 0.05) is 25.2 Å². The van der Waals surface area contributed by atoms with E-state index in [4.69, 9.17) is 5.11 Å². The van der Waals surface area contributed by atoms with Gasteiger partial charge in [-0.25, -0.2) is 4.79 Å². The minimum Gasteiger partial charge on any atom is -0.480 e. The quantitative estimate of drug-likeness (QED) is 0.588. The molecule has 1 saturated heterocycles. The molecule has 3 rings (SSSR count). The van der Waals surface area contributed by atoms with Gasteiger partial charge in [0.1, 0.15) is 0 Å². The number of nitrogens with zero attached hydrogens (tertiary/aromatic N) is 2. The van der Waals surface area contributed by atoms with Crippen molar-refractivity contribution in [3.8, 4) is 0 Å². The summed E-state index contributed by atoms with van der Waals surface area (Å²) in [7, 11) is 0. The zero-order valence-corrected chi connectivity index (χ0v) is 17.4. The second-order valence-corrected chi connectivity index (χ2v) is 9.08. The Morgan fingerprint density at radius 3 is 2.39 bits per heavy atom. The maximum atomic E-state index is 12.1. The lowest BCUT2D eigenvalue weighted by molar-refractivity contribution is -0.139. The monoisotopic (exact) mass is 394 g/mol. The van der Waals surface area contributed by atoms with Gasteiger partial charge in [0.2, 0.25) is 0 Å². The van der Waals surface area contributed by atoms with Crippen molar-refractivity contribution in [3.05, 3.63) is 0 Å². The Morgan fingerprint density at radius 2 is 1.79 bits per heavy atom. The van der Waals surface area contributed by atoms with Crippen LogP contribution in [-0.4, -0.2) is 78.3 Å². The predicted octanol–water partition coefficient (Wildman–Crippen LogP) is 2.27. The van der Waals surface area contributed by atoms with Crippen LogP contribution in [0, 0.1) is 5.41 Å². The summed E-state index contributed by atoms with van der Waals surface area (Å²) >= 11 is 0. The second kappa shape index (κ2) is 9.92. The number of nitrogens with one attached hydrogen (secondary N) is 2. The third-order valence-electron chi connectivity index (χ3n) is 7.25. The van der Waals surface area contributed by atoms with Crippen molar-refractivity contribution >= 4 is 12.0 Å². The lowest BCUT2D eigenvalue weighted by Gasteiger charge is -2.44. The first-order valence-corrected chi connectivity index (χ1v) is 11.2. The Bertz CT molecular complexity index is 520. The summed E-state index contributed by atoms with van der Waals surface area (Å²) < 4.78 is 0. The molecule has 1 aliphatic heterocycles. The van der Waals surface area contributed by atoms with Crippen LogP contribution in [0.5, 0.6) is 0 Å². The molecule has 0 bridgehead atoms. The van der Waals surface area contributed by atoms with E-state index in [-0.39, 0.29) is 24.7 Å². The van der Waals surface area contributed by atoms with E-state index >= 15 is 0 Å². The average molecular weight is 395 g/mol. The highest BCUT2D eigenvalue weighted by molar-refractivity contribution is 5.74. The summed E-state index contributed by atoms with van der Waals surface area (Å²) in [4.78, 5) is 27.4. The Labute approximate surface area is 169 Å². The summed E-state index contributed by atoms with van der Waals surface area (Å²) in [6, 6.07) is 0.339. The number of carbonyl (C=O) groups excluding carboxylic acids is 1. The van der Waals surface area contributed by atoms with Gasteiger partial charge in [0.05, 0.1) is 6.54 Å². The van der Waals surface area contributed by atoms with Crippen LogP contribution in [0.4, 0.5) is 4.79 Å². The van der Waals surface area contributed by atoms with Crippen LogP contribution in [-0.2, 0) is 4.79 Å². The van der Waals surface area contributed by atoms with Crippen LogP contribution in [0.25, 0.3) is 0 Å². The van der Waals surface area contributed by atoms with Gasteiger partial charge in [-0.15, -0.1) is 0 Å². The first-order chi connectivity index (χ1) is 13.5. The molecule has 2 saturated carbocycles. The Hall–Kier alpha value is -1.34. The molecule has 0 aromatic heterocycles. The van der Waals surface area contributed by atoms with Gasteiger partial charge in [-0.2, -0.15) is 0 Å². The van der Waals surface area contributed by atoms with Crippen LogP contribution in [0.1, 0.15) is 64.7 Å². The zero-order valence-electron chi connectivity index (χ0n) is 17.4. The van der Waals surface area contributed by atoms with Crippen LogP contribution in [0.2, 0.25) is 0 Å². The number of carboxylic acids is 1. The summed E-state index contributed by atoms with van der Waals surface area (Å²) in [6.45, 7) is 6.75. The number of urea groups is 1. The maximum absolute atomic E-state index is 12.1. The zero-order chi connectivity index (χ0) is 20.0. The van der Waals surface area contributed by atoms with Gasteiger partial charge in [0.25, 0.3) is 0 Å². The number of carboxylic acid groups (broad SMARTS) is 1. The number of hydrogen-bond acceptors (Lipinski definition) is 4. The van der Waals surface area contributed by atoms with Gasteiger partial charge in [-0.05, 0) is 63.6 Å². The molecule has 0 atom stereocenters. The Morgan fingerprint density at radius 1 is 1.11 bits per heavy atom. The van der Waals surface area contributed by atoms with Crippen molar-refractivity contribution < 1.29 is 14.7 Å². The lowest BCUT2D eigenvalue weighted by atomic mass is 9.68. The van der Waals surface area contributed by atoms with Crippen molar-refractivity contribution in [2.45, 2.75) is 76.8 Å². The third-order valence-corrected chi connectivity index (χ3v) is 7.25. The van der Waals surface area contributed by atoms with Crippen LogP contribution in [0.3, 0.4) is 0 Å². The fourth-order valence-corrected chi connectivity index (χ4v) is 5.29. The van der Waals surface area contributed by atoms with E-state index in [1.807, 2.05) is 11.8 Å². The molecule has 0 radical (unpaired) electrons. The van der Waals surface area contributed by atoms with Crippen LogP contribution >= 0.6 is 0 Å². The molecule has 2 amide bonds. The Balaban J connectivity index is 1.25. The van der Waals surface area contributed by atoms with Gasteiger partial charge in [-0.3, -0.25) is 9.69 Å². The van der Waals surface area contributed by atoms with E-state index in [1.54, 1.807) is 0 Å². The van der Waals surface area contributed by atoms with Gasteiger partial charge in [0.15, 0.2) is 0 Å². The number of aliphatic carboxylic acids is 1. The van der Waals surface area contributed by atoms with Crippen LogP contribution in [0.15, 0.2) is 0 Å². The fourth-order valence-electron chi connectivity index (χ4n) is 5.29. The number of hydrogen-bond donors (Lipinski definition) is 3. The van der Waals surface area contributed by atoms with Crippen molar-refractivity contribution in [2.75, 3.05) is 39.3 Å². The Kier molecular flexibility index (Phi) is 7.57. The normalized spacial score (nSPS) is 27.4. The van der Waals surface area contributed by atoms with E-state index in [0.29, 0.717) is 12.0 Å². The van der Waals surface area contributed by atoms with Crippen molar-refractivity contribution in [2.24, 2.45) is 5.41 Å². The summed E-state index contributed by atoms with van der Waals surface area (Å²) in [5.41, 5.74) is 0.632. The second-order valence-electron chi connectivity index (χ2n) is 9.08. The van der Waals surface area contributed by atoms with Crippen molar-refractivity contribution in [1.29, 1.82) is 0 Å². The van der Waals surface area contributed by atoms with Crippen molar-refractivity contribution in [1.82, 2.24) is 20.4 Å². The summed E-state index contributed by atoms with van der Waals surface area (Å²) in [6.07, 6.45) is 11.4. The highest BCUT2D eigenvalue weighted by atomic mass is 16.4. The van der Waals surface area contributed by atoms with E-state index in [2.05, 4.69) is 15.5 Å². The molecule has 2 aliphatic carbocycles. The third kappa shape index (κ3) is 5.83. The number of amides is 2. The highest BCUT2D eigenvalue weighted by Crippen LogP contribution is 2.44.